The molecule has 4 N–H and O–H groups in total. The summed E-state index contributed by atoms with van der Waals surface area (Å²) >= 11 is 0. The molecule has 1 aliphatic carbocycles. The number of carbonyl (C=O) groups excluding carboxylic acids is 1. The Balaban J connectivity index is 0.000000325. The minimum absolute atomic E-state index is 0.201. The number of aliphatic carboxylic acids is 2. The van der Waals surface area contributed by atoms with Gasteiger partial charge in [0.25, 0.3) is 0 Å². The lowest BCUT2D eigenvalue weighted by atomic mass is 9.74. The number of ketones is 1. The van der Waals surface area contributed by atoms with Gasteiger partial charge in [-0.05, 0) is 43.5 Å². The maximum Gasteiger partial charge on any atom is 0.335 e. The third-order valence-corrected chi connectivity index (χ3v) is 7.08. The van der Waals surface area contributed by atoms with Crippen LogP contribution in [0.5, 0.6) is 0 Å². The molecule has 0 bridgehead atoms. The minimum atomic E-state index is -2.27. The molecule has 10 nitrogen and oxygen atoms in total. The molecule has 1 aromatic heterocycles. The molecule has 37 heavy (non-hydrogen) atoms. The van der Waals surface area contributed by atoms with Gasteiger partial charge in [-0.15, -0.1) is 6.58 Å². The Hall–Kier alpha value is -3.05. The number of allylic oxidation sites excluding steroid dienone is 1. The largest absolute Gasteiger partial charge is 0.479 e. The highest BCUT2D eigenvalue weighted by Crippen LogP contribution is 2.44. The molecule has 1 saturated heterocycles. The summed E-state index contributed by atoms with van der Waals surface area (Å²) in [5.41, 5.74) is 4.27. The summed E-state index contributed by atoms with van der Waals surface area (Å²) in [4.78, 5) is 33.4. The van der Waals surface area contributed by atoms with Crippen LogP contribution in [0, 0.1) is 0 Å². The van der Waals surface area contributed by atoms with Crippen LogP contribution < -0.4 is 0 Å². The highest BCUT2D eigenvalue weighted by atomic mass is 16.5. The number of aliphatic hydroxyl groups is 2. The number of rotatable bonds is 10. The third kappa shape index (κ3) is 6.45. The van der Waals surface area contributed by atoms with Gasteiger partial charge >= 0.3 is 11.9 Å². The molecule has 0 radical (unpaired) electrons. The lowest BCUT2D eigenvalue weighted by molar-refractivity contribution is -0.165. The van der Waals surface area contributed by atoms with E-state index in [-0.39, 0.29) is 11.9 Å². The minimum Gasteiger partial charge on any atom is -0.479 e. The Morgan fingerprint density at radius 1 is 1.19 bits per heavy atom. The Morgan fingerprint density at radius 3 is 2.43 bits per heavy atom. The van der Waals surface area contributed by atoms with Crippen molar-refractivity contribution in [3.8, 4) is 0 Å². The zero-order valence-electron chi connectivity index (χ0n) is 21.2. The quantitative estimate of drug-likeness (QED) is 0.347. The summed E-state index contributed by atoms with van der Waals surface area (Å²) in [5.74, 6) is -2.84. The van der Waals surface area contributed by atoms with Crippen LogP contribution in [0.1, 0.15) is 43.7 Å². The van der Waals surface area contributed by atoms with Crippen molar-refractivity contribution in [3.05, 3.63) is 48.2 Å². The van der Waals surface area contributed by atoms with E-state index in [4.69, 9.17) is 25.2 Å². The maximum atomic E-state index is 11.3. The summed E-state index contributed by atoms with van der Waals surface area (Å²) in [6, 6.07) is 7.28. The molecule has 0 amide bonds. The van der Waals surface area contributed by atoms with Gasteiger partial charge in [0.1, 0.15) is 5.78 Å². The van der Waals surface area contributed by atoms with E-state index < -0.39 is 24.1 Å². The summed E-state index contributed by atoms with van der Waals surface area (Å²) < 4.78 is 8.45. The molecule has 4 rings (SSSR count). The van der Waals surface area contributed by atoms with Gasteiger partial charge in [-0.1, -0.05) is 25.1 Å². The first-order valence-electron chi connectivity index (χ1n) is 12.5. The van der Waals surface area contributed by atoms with E-state index in [0.29, 0.717) is 25.0 Å². The fourth-order valence-electron chi connectivity index (χ4n) is 5.34. The third-order valence-electron chi connectivity index (χ3n) is 7.08. The molecule has 0 spiro atoms. The second-order valence-corrected chi connectivity index (χ2v) is 9.55. The number of piperidine rings is 1. The van der Waals surface area contributed by atoms with Crippen LogP contribution in [0.25, 0.3) is 10.9 Å². The molecule has 0 saturated carbocycles. The van der Waals surface area contributed by atoms with Crippen LogP contribution in [0.2, 0.25) is 0 Å². The van der Waals surface area contributed by atoms with Crippen molar-refractivity contribution in [2.45, 2.75) is 69.9 Å². The van der Waals surface area contributed by atoms with Gasteiger partial charge in [0, 0.05) is 48.6 Å². The van der Waals surface area contributed by atoms with E-state index in [2.05, 4.69) is 47.4 Å². The molecule has 1 aromatic carbocycles. The number of carboxylic acid groups (broad SMARTS) is 2. The van der Waals surface area contributed by atoms with Crippen molar-refractivity contribution in [2.24, 2.45) is 0 Å². The smallest absolute Gasteiger partial charge is 0.335 e. The molecule has 2 aliphatic rings. The van der Waals surface area contributed by atoms with E-state index in [0.717, 1.165) is 32.5 Å². The van der Waals surface area contributed by atoms with E-state index in [9.17, 15) is 14.4 Å². The summed E-state index contributed by atoms with van der Waals surface area (Å²) in [5, 5.41) is 34.0. The van der Waals surface area contributed by atoms with Crippen LogP contribution >= 0.6 is 0 Å². The molecular formula is C27H36N2O8. The van der Waals surface area contributed by atoms with Crippen molar-refractivity contribution in [2.75, 3.05) is 19.7 Å². The van der Waals surface area contributed by atoms with Crippen LogP contribution in [0.15, 0.2) is 37.1 Å². The molecular weight excluding hydrogens is 480 g/mol. The lowest BCUT2D eigenvalue weighted by Gasteiger charge is -2.46. The molecule has 202 valence electrons. The van der Waals surface area contributed by atoms with Crippen molar-refractivity contribution in [1.82, 2.24) is 9.47 Å². The number of Topliss-reactive ketones (excluding diaryl/α,β-unsaturated/α-hetero) is 1. The number of likely N-dealkylation sites (N-methyl/N-ethyl adjacent to an activating group) is 1. The summed E-state index contributed by atoms with van der Waals surface area (Å²) in [7, 11) is 0. The van der Waals surface area contributed by atoms with Crippen LogP contribution in [-0.2, 0) is 32.1 Å². The monoisotopic (exact) mass is 516 g/mol. The van der Waals surface area contributed by atoms with Crippen molar-refractivity contribution >= 4 is 28.6 Å². The topological polar surface area (TPSA) is 150 Å². The molecule has 1 fully saturated rings. The number of likely N-dealkylation sites (tertiary alicyclic amines) is 1. The molecule has 1 aliphatic heterocycles. The first kappa shape index (κ1) is 28.5. The van der Waals surface area contributed by atoms with Gasteiger partial charge in [0.2, 0.25) is 0 Å². The fourth-order valence-corrected chi connectivity index (χ4v) is 5.34. The van der Waals surface area contributed by atoms with Gasteiger partial charge in [-0.2, -0.15) is 0 Å². The SMILES string of the molecule is C=CCn1cc2c3c(cccc31)C1C[C@@H](OCCC(C)=O)CN(CC)[C@@H]1C2.O=C(O)C(O)C(O)C(=O)O. The fraction of sp³-hybridized carbons (Fsp3) is 0.519. The Labute approximate surface area is 215 Å². The maximum absolute atomic E-state index is 11.3. The number of aromatic nitrogens is 1. The van der Waals surface area contributed by atoms with Crippen molar-refractivity contribution in [3.63, 3.8) is 0 Å². The predicted molar refractivity (Wildman–Crippen MR) is 137 cm³/mol. The van der Waals surface area contributed by atoms with Gasteiger partial charge in [0.15, 0.2) is 12.2 Å². The summed E-state index contributed by atoms with van der Waals surface area (Å²) in [6.07, 6.45) is 2.64. The molecule has 10 heteroatoms. The van der Waals surface area contributed by atoms with E-state index in [1.165, 1.54) is 22.0 Å². The van der Waals surface area contributed by atoms with Crippen LogP contribution in [0.3, 0.4) is 0 Å². The number of fused-ring (bicyclic) bond motifs is 2. The molecule has 5 atom stereocenters. The second-order valence-electron chi connectivity index (χ2n) is 9.55. The molecule has 2 aromatic rings. The standard InChI is InChI=1S/C23H30N2O2.C4H6O6/c1-4-10-25-14-17-12-22-20(19-7-6-8-21(25)23(17)19)13-18(15-24(22)5-2)27-11-9-16(3)26;5-1(3(7)8)2(6)4(9)10/h4,6-8,14,18,20,22H,1,5,9-13,15H2,2-3H3;1-2,5-6H,(H,7,8)(H,9,10)/t18-,20?,22-;/m1./s1. The van der Waals surface area contributed by atoms with Gasteiger partial charge in [-0.3, -0.25) is 9.69 Å². The Kier molecular flexibility index (Phi) is 9.61. The number of nitrogens with zero attached hydrogens (tertiary/aromatic N) is 2. The van der Waals surface area contributed by atoms with E-state index >= 15 is 0 Å². The number of ether oxygens (including phenoxy) is 1. The summed E-state index contributed by atoms with van der Waals surface area (Å²) in [6.45, 7) is 11.2. The number of hydrogen-bond acceptors (Lipinski definition) is 7. The Bertz CT molecular complexity index is 1120. The van der Waals surface area contributed by atoms with E-state index in [1.807, 2.05) is 6.08 Å². The van der Waals surface area contributed by atoms with Gasteiger partial charge in [-0.25, -0.2) is 9.59 Å². The highest BCUT2D eigenvalue weighted by molar-refractivity contribution is 5.89. The first-order chi connectivity index (χ1) is 17.6. The average Bonchev–Trinajstić information content (AvgIpc) is 3.21. The van der Waals surface area contributed by atoms with Gasteiger partial charge in [0.05, 0.1) is 12.7 Å². The Morgan fingerprint density at radius 2 is 1.86 bits per heavy atom. The van der Waals surface area contributed by atoms with Crippen molar-refractivity contribution in [1.29, 1.82) is 0 Å². The number of aliphatic hydroxyl groups excluding tert-OH is 2. The number of hydrogen-bond donors (Lipinski definition) is 4. The highest BCUT2D eigenvalue weighted by Gasteiger charge is 2.40. The van der Waals surface area contributed by atoms with Gasteiger partial charge < -0.3 is 29.7 Å². The van der Waals surface area contributed by atoms with Crippen LogP contribution in [-0.4, -0.2) is 91.7 Å². The predicted octanol–water partition coefficient (Wildman–Crippen LogP) is 1.80. The lowest BCUT2D eigenvalue weighted by Crippen LogP contribution is -2.52. The van der Waals surface area contributed by atoms with Crippen molar-refractivity contribution < 1.29 is 39.5 Å². The zero-order chi connectivity index (χ0) is 27.3. The normalized spacial score (nSPS) is 22.3. The number of benzene rings is 1. The average molecular weight is 517 g/mol. The molecule has 3 unspecified atom stereocenters. The second kappa shape index (κ2) is 12.5. The number of carboxylic acids is 2. The molecule has 2 heterocycles. The van der Waals surface area contributed by atoms with E-state index in [1.54, 1.807) is 6.92 Å². The zero-order valence-corrected chi connectivity index (χ0v) is 21.2. The number of carbonyl (C=O) groups is 3. The first-order valence-corrected chi connectivity index (χ1v) is 12.5. The van der Waals surface area contributed by atoms with Crippen LogP contribution in [0.4, 0.5) is 0 Å².